The molecule has 0 radical (unpaired) electrons. The van der Waals surface area contributed by atoms with E-state index in [-0.39, 0.29) is 11.8 Å². The third kappa shape index (κ3) is 13.2. The quantitative estimate of drug-likeness (QED) is 0.139. The van der Waals surface area contributed by atoms with Gasteiger partial charge in [-0.3, -0.25) is 19.2 Å². The zero-order valence-corrected chi connectivity index (χ0v) is 33.8. The SMILES string of the molecule is CC[C@H](C)[C@H](NC(=O)[C@@H](C)NC(=O)[C@@H](NC(=O)C[C@H](/C=C/c1ccccc1)OC(=O)[C@@](OC)(c1ccccc1)C(F)(F)F)C(C)C)C(=O)N[C@H](C(=O)OC)C(C)C. The molecule has 2 rings (SSSR count). The van der Waals surface area contributed by atoms with Crippen LogP contribution in [0.5, 0.6) is 0 Å². The first-order chi connectivity index (χ1) is 26.7. The average Bonchev–Trinajstić information content (AvgIpc) is 3.16. The van der Waals surface area contributed by atoms with E-state index in [0.717, 1.165) is 19.2 Å². The van der Waals surface area contributed by atoms with Gasteiger partial charge in [0.05, 0.1) is 13.5 Å². The number of methoxy groups -OCH3 is 2. The molecular formula is C41H55F3N4O9. The summed E-state index contributed by atoms with van der Waals surface area (Å²) in [5, 5.41) is 10.4. The monoisotopic (exact) mass is 804 g/mol. The van der Waals surface area contributed by atoms with Gasteiger partial charge in [-0.15, -0.1) is 0 Å². The Kier molecular flexibility index (Phi) is 18.4. The Balaban J connectivity index is 2.29. The summed E-state index contributed by atoms with van der Waals surface area (Å²) < 4.78 is 58.9. The third-order valence-corrected chi connectivity index (χ3v) is 9.35. The predicted molar refractivity (Wildman–Crippen MR) is 206 cm³/mol. The van der Waals surface area contributed by atoms with E-state index in [4.69, 9.17) is 14.2 Å². The largest absolute Gasteiger partial charge is 0.467 e. The van der Waals surface area contributed by atoms with E-state index >= 15 is 0 Å². The van der Waals surface area contributed by atoms with Crippen LogP contribution in [0.1, 0.15) is 72.4 Å². The van der Waals surface area contributed by atoms with Crippen LogP contribution in [-0.2, 0) is 48.6 Å². The summed E-state index contributed by atoms with van der Waals surface area (Å²) in [4.78, 5) is 79.4. The highest BCUT2D eigenvalue weighted by molar-refractivity contribution is 5.95. The first-order valence-electron chi connectivity index (χ1n) is 18.6. The molecule has 0 bridgehead atoms. The number of alkyl halides is 3. The van der Waals surface area contributed by atoms with Gasteiger partial charge in [0.25, 0.3) is 5.60 Å². The number of carbonyl (C=O) groups excluding carboxylic acids is 6. The number of halogens is 3. The van der Waals surface area contributed by atoms with Crippen LogP contribution in [0.2, 0.25) is 0 Å². The lowest BCUT2D eigenvalue weighted by molar-refractivity contribution is -0.277. The van der Waals surface area contributed by atoms with Crippen LogP contribution in [0.15, 0.2) is 66.7 Å². The summed E-state index contributed by atoms with van der Waals surface area (Å²) in [7, 11) is 1.92. The maximum Gasteiger partial charge on any atom is 0.432 e. The van der Waals surface area contributed by atoms with Crippen LogP contribution in [0.3, 0.4) is 0 Å². The van der Waals surface area contributed by atoms with E-state index < -0.39 is 95.5 Å². The molecule has 16 heteroatoms. The van der Waals surface area contributed by atoms with Gasteiger partial charge < -0.3 is 35.5 Å². The molecule has 13 nitrogen and oxygen atoms in total. The topological polar surface area (TPSA) is 178 Å². The van der Waals surface area contributed by atoms with Gasteiger partial charge >= 0.3 is 18.1 Å². The number of carbonyl (C=O) groups is 6. The van der Waals surface area contributed by atoms with Gasteiger partial charge in [0.1, 0.15) is 30.3 Å². The van der Waals surface area contributed by atoms with Crippen molar-refractivity contribution in [1.82, 2.24) is 21.3 Å². The summed E-state index contributed by atoms with van der Waals surface area (Å²) in [5.41, 5.74) is -3.46. The average molecular weight is 805 g/mol. The molecule has 0 heterocycles. The summed E-state index contributed by atoms with van der Waals surface area (Å²) >= 11 is 0. The molecule has 4 N–H and O–H groups in total. The highest BCUT2D eigenvalue weighted by Crippen LogP contribution is 2.43. The maximum absolute atomic E-state index is 14.6. The van der Waals surface area contributed by atoms with E-state index in [9.17, 15) is 41.9 Å². The highest BCUT2D eigenvalue weighted by atomic mass is 19.4. The lowest BCUT2D eigenvalue weighted by atomic mass is 9.92. The number of esters is 2. The van der Waals surface area contributed by atoms with Crippen LogP contribution in [0.4, 0.5) is 13.2 Å². The molecule has 0 aliphatic heterocycles. The van der Waals surface area contributed by atoms with E-state index in [0.29, 0.717) is 12.0 Å². The van der Waals surface area contributed by atoms with E-state index in [1.165, 1.54) is 44.4 Å². The molecule has 314 valence electrons. The number of benzene rings is 2. The molecule has 0 unspecified atom stereocenters. The number of nitrogens with one attached hydrogen (secondary N) is 4. The first kappa shape index (κ1) is 47.9. The van der Waals surface area contributed by atoms with Crippen molar-refractivity contribution in [2.24, 2.45) is 17.8 Å². The van der Waals surface area contributed by atoms with Crippen LogP contribution in [0, 0.1) is 17.8 Å². The fourth-order valence-electron chi connectivity index (χ4n) is 5.71. The molecule has 0 spiro atoms. The zero-order chi connectivity index (χ0) is 43.1. The molecule has 0 aliphatic rings. The Hall–Kier alpha value is -5.25. The Labute approximate surface area is 331 Å². The molecule has 0 saturated heterocycles. The molecule has 0 saturated carbocycles. The number of ether oxygens (including phenoxy) is 3. The van der Waals surface area contributed by atoms with Crippen molar-refractivity contribution in [1.29, 1.82) is 0 Å². The Morgan fingerprint density at radius 1 is 0.702 bits per heavy atom. The molecule has 0 aliphatic carbocycles. The Morgan fingerprint density at radius 2 is 1.23 bits per heavy atom. The minimum atomic E-state index is -5.27. The van der Waals surface area contributed by atoms with E-state index in [1.54, 1.807) is 65.0 Å². The first-order valence-corrected chi connectivity index (χ1v) is 18.6. The van der Waals surface area contributed by atoms with E-state index in [1.807, 2.05) is 6.92 Å². The Bertz CT molecular complexity index is 1690. The predicted octanol–water partition coefficient (Wildman–Crippen LogP) is 4.60. The lowest BCUT2D eigenvalue weighted by Crippen LogP contribution is -2.59. The summed E-state index contributed by atoms with van der Waals surface area (Å²) in [6, 6.07) is 10.3. The standard InChI is InChI=1S/C41H55F3N4O9/c1-10-26(6)34(37(52)47-33(25(4)5)38(53)55-8)48-35(50)27(7)45-36(51)32(24(2)3)46-31(49)23-30(22-21-28-17-13-11-14-18-28)57-39(54)40(56-9,41(42,43)44)29-19-15-12-16-20-29/h11-22,24-27,30,32-34H,10,23H2,1-9H3,(H,45,51)(H,46,49)(H,47,52)(H,48,50)/b22-21+/t26-,27+,30-,32-,33-,34-,40-/m0/s1. The normalized spacial score (nSPS) is 16.0. The second-order valence-electron chi connectivity index (χ2n) is 14.3. The molecule has 0 fully saturated rings. The number of amides is 4. The van der Waals surface area contributed by atoms with Gasteiger partial charge in [-0.2, -0.15) is 13.2 Å². The van der Waals surface area contributed by atoms with Crippen molar-refractivity contribution < 1.29 is 56.1 Å². The summed E-state index contributed by atoms with van der Waals surface area (Å²) in [5.74, 6) is -6.68. The minimum absolute atomic E-state index is 0.314. The van der Waals surface area contributed by atoms with Crippen molar-refractivity contribution in [2.75, 3.05) is 14.2 Å². The number of hydrogen-bond donors (Lipinski definition) is 4. The van der Waals surface area contributed by atoms with Crippen molar-refractivity contribution in [3.8, 4) is 0 Å². The molecule has 57 heavy (non-hydrogen) atoms. The van der Waals surface area contributed by atoms with Crippen molar-refractivity contribution >= 4 is 41.6 Å². The van der Waals surface area contributed by atoms with Crippen molar-refractivity contribution in [2.45, 2.75) is 103 Å². The maximum atomic E-state index is 14.6. The van der Waals surface area contributed by atoms with Crippen molar-refractivity contribution in [3.05, 3.63) is 77.9 Å². The minimum Gasteiger partial charge on any atom is -0.467 e. The Morgan fingerprint density at radius 3 is 1.72 bits per heavy atom. The fraction of sp³-hybridized carbons (Fsp3) is 0.512. The summed E-state index contributed by atoms with van der Waals surface area (Å²) in [6.45, 7) is 11.6. The lowest BCUT2D eigenvalue weighted by Gasteiger charge is -2.33. The molecule has 2 aromatic carbocycles. The van der Waals surface area contributed by atoms with E-state index in [2.05, 4.69) is 21.3 Å². The molecule has 0 aromatic heterocycles. The fourth-order valence-corrected chi connectivity index (χ4v) is 5.71. The second kappa shape index (κ2) is 21.9. The van der Waals surface area contributed by atoms with Gasteiger partial charge in [-0.25, -0.2) is 9.59 Å². The summed E-state index contributed by atoms with van der Waals surface area (Å²) in [6.07, 6.45) is -4.31. The highest BCUT2D eigenvalue weighted by Gasteiger charge is 2.64. The molecule has 2 aromatic rings. The van der Waals surface area contributed by atoms with Crippen LogP contribution in [0.25, 0.3) is 6.08 Å². The van der Waals surface area contributed by atoms with Gasteiger partial charge in [0.15, 0.2) is 0 Å². The van der Waals surface area contributed by atoms with Gasteiger partial charge in [-0.05, 0) is 36.3 Å². The van der Waals surface area contributed by atoms with Gasteiger partial charge in [0.2, 0.25) is 23.6 Å². The van der Waals surface area contributed by atoms with Crippen LogP contribution in [-0.4, -0.2) is 86.2 Å². The second-order valence-corrected chi connectivity index (χ2v) is 14.3. The molecule has 4 amide bonds. The van der Waals surface area contributed by atoms with Gasteiger partial charge in [-0.1, -0.05) is 115 Å². The smallest absolute Gasteiger partial charge is 0.432 e. The molecule has 7 atom stereocenters. The number of hydrogen-bond acceptors (Lipinski definition) is 9. The van der Waals surface area contributed by atoms with Crippen molar-refractivity contribution in [3.63, 3.8) is 0 Å². The van der Waals surface area contributed by atoms with Crippen LogP contribution < -0.4 is 21.3 Å². The zero-order valence-electron chi connectivity index (χ0n) is 33.8. The molecular weight excluding hydrogens is 749 g/mol. The number of rotatable bonds is 20. The van der Waals surface area contributed by atoms with Gasteiger partial charge in [0, 0.05) is 12.7 Å². The van der Waals surface area contributed by atoms with Crippen LogP contribution >= 0.6 is 0 Å². The third-order valence-electron chi connectivity index (χ3n) is 9.35.